The molecule has 2 bridgehead atoms. The number of ether oxygens (including phenoxy) is 1. The second kappa shape index (κ2) is 8.77. The van der Waals surface area contributed by atoms with Crippen molar-refractivity contribution in [3.05, 3.63) is 35.9 Å². The minimum atomic E-state index is -1.00. The number of rotatable bonds is 7. The Hall–Kier alpha value is -1.54. The van der Waals surface area contributed by atoms with Crippen molar-refractivity contribution >= 4 is 55.4 Å². The average molecular weight is 555 g/mol. The molecule has 8 heteroatoms. The zero-order valence-corrected chi connectivity index (χ0v) is 20.5. The van der Waals surface area contributed by atoms with Crippen molar-refractivity contribution in [2.45, 2.75) is 42.4 Å². The number of hydrogen-bond donors (Lipinski definition) is 0. The van der Waals surface area contributed by atoms with E-state index in [1.807, 2.05) is 13.8 Å². The molecule has 1 aromatic rings. The van der Waals surface area contributed by atoms with E-state index in [0.29, 0.717) is 12.0 Å². The lowest BCUT2D eigenvalue weighted by atomic mass is 9.81. The van der Waals surface area contributed by atoms with Crippen molar-refractivity contribution in [3.8, 4) is 0 Å². The predicted octanol–water partition coefficient (Wildman–Crippen LogP) is 3.61. The molecular formula is C23H25Br2NO5. The van der Waals surface area contributed by atoms with Crippen LogP contribution in [0.5, 0.6) is 0 Å². The highest BCUT2D eigenvalue weighted by Gasteiger charge is 2.67. The molecule has 1 aliphatic heterocycles. The summed E-state index contributed by atoms with van der Waals surface area (Å²) in [6, 6.07) is 7.57. The first-order valence-electron chi connectivity index (χ1n) is 10.6. The summed E-state index contributed by atoms with van der Waals surface area (Å²) in [5, 5.41) is 0. The number of alkyl halides is 2. The highest BCUT2D eigenvalue weighted by Crippen LogP contribution is 2.60. The van der Waals surface area contributed by atoms with Gasteiger partial charge in [0.25, 0.3) is 0 Å². The van der Waals surface area contributed by atoms with Gasteiger partial charge in [-0.25, -0.2) is 4.79 Å². The van der Waals surface area contributed by atoms with Crippen molar-refractivity contribution < 1.29 is 23.9 Å². The van der Waals surface area contributed by atoms with Crippen LogP contribution in [-0.4, -0.2) is 50.8 Å². The fourth-order valence-corrected chi connectivity index (χ4v) is 7.25. The minimum Gasteiger partial charge on any atom is -0.456 e. The van der Waals surface area contributed by atoms with Crippen LogP contribution < -0.4 is 0 Å². The van der Waals surface area contributed by atoms with Gasteiger partial charge in [-0.15, -0.1) is 0 Å². The Morgan fingerprint density at radius 2 is 1.58 bits per heavy atom. The first-order chi connectivity index (χ1) is 14.7. The Bertz CT molecular complexity index is 872. The number of ketones is 1. The molecular weight excluding hydrogens is 530 g/mol. The lowest BCUT2D eigenvalue weighted by Gasteiger charge is -2.28. The number of hydrogen-bond acceptors (Lipinski definition) is 5. The number of imide groups is 1. The zero-order valence-electron chi connectivity index (χ0n) is 17.4. The summed E-state index contributed by atoms with van der Waals surface area (Å²) in [6.45, 7) is 3.43. The Kier molecular flexibility index (Phi) is 6.41. The number of carbonyl (C=O) groups is 4. The number of Topliss-reactive ketones (excluding diaryl/α,β-unsaturated/α-hetero) is 1. The number of fused-ring (bicyclic) bond motifs is 5. The van der Waals surface area contributed by atoms with Crippen molar-refractivity contribution in [2.75, 3.05) is 6.61 Å². The van der Waals surface area contributed by atoms with E-state index >= 15 is 0 Å². The lowest BCUT2D eigenvalue weighted by molar-refractivity contribution is -0.159. The number of nitrogens with zero attached hydrogens (tertiary/aromatic N) is 1. The van der Waals surface area contributed by atoms with Gasteiger partial charge in [-0.05, 0) is 30.6 Å². The lowest BCUT2D eigenvalue weighted by Crippen LogP contribution is -2.48. The first kappa shape index (κ1) is 22.6. The van der Waals surface area contributed by atoms with Gasteiger partial charge in [-0.2, -0.15) is 0 Å². The Morgan fingerprint density at radius 3 is 2.10 bits per heavy atom. The van der Waals surface area contributed by atoms with Crippen LogP contribution in [0.1, 0.15) is 37.0 Å². The molecule has 1 heterocycles. The van der Waals surface area contributed by atoms with Crippen LogP contribution in [0.25, 0.3) is 0 Å². The smallest absolute Gasteiger partial charge is 0.329 e. The summed E-state index contributed by atoms with van der Waals surface area (Å²) in [5.74, 6) is -2.12. The largest absolute Gasteiger partial charge is 0.456 e. The van der Waals surface area contributed by atoms with E-state index in [4.69, 9.17) is 4.74 Å². The highest BCUT2D eigenvalue weighted by molar-refractivity contribution is 9.12. The highest BCUT2D eigenvalue weighted by atomic mass is 79.9. The normalized spacial score (nSPS) is 32.5. The van der Waals surface area contributed by atoms with Crippen molar-refractivity contribution in [2.24, 2.45) is 29.6 Å². The summed E-state index contributed by atoms with van der Waals surface area (Å²) in [5.41, 5.74) is 0.446. The Morgan fingerprint density at radius 1 is 1.03 bits per heavy atom. The van der Waals surface area contributed by atoms with Gasteiger partial charge in [0, 0.05) is 15.2 Å². The Labute approximate surface area is 198 Å². The fourth-order valence-electron chi connectivity index (χ4n) is 5.37. The number of esters is 1. The van der Waals surface area contributed by atoms with Gasteiger partial charge < -0.3 is 4.74 Å². The van der Waals surface area contributed by atoms with E-state index in [2.05, 4.69) is 31.9 Å². The fraction of sp³-hybridized carbons (Fsp3) is 0.565. The van der Waals surface area contributed by atoms with E-state index in [1.165, 1.54) is 0 Å². The summed E-state index contributed by atoms with van der Waals surface area (Å²) in [7, 11) is 0. The number of halogens is 2. The summed E-state index contributed by atoms with van der Waals surface area (Å²) >= 11 is 7.35. The predicted molar refractivity (Wildman–Crippen MR) is 121 cm³/mol. The SMILES string of the molecule is CC(C)C[C@@H](C(=O)OCC(=O)c1ccccc1)N1C(=O)[C@H]2[C@@H]3C[C@H]([C@@H](Br)[C@H]3Br)[C@@H]2C1=O. The summed E-state index contributed by atoms with van der Waals surface area (Å²) in [4.78, 5) is 53.4. The van der Waals surface area contributed by atoms with Gasteiger partial charge in [0.1, 0.15) is 6.04 Å². The van der Waals surface area contributed by atoms with Crippen LogP contribution in [0, 0.1) is 29.6 Å². The number of likely N-dealkylation sites (tertiary alicyclic amines) is 1. The van der Waals surface area contributed by atoms with Crippen LogP contribution >= 0.6 is 31.9 Å². The molecule has 166 valence electrons. The van der Waals surface area contributed by atoms with Gasteiger partial charge in [-0.1, -0.05) is 76.0 Å². The molecule has 2 amide bonds. The zero-order chi connectivity index (χ0) is 22.4. The molecule has 0 radical (unpaired) electrons. The van der Waals surface area contributed by atoms with Crippen LogP contribution in [0.15, 0.2) is 30.3 Å². The molecule has 1 aromatic carbocycles. The molecule has 2 saturated carbocycles. The minimum absolute atomic E-state index is 0.0629. The molecule has 0 N–H and O–H groups in total. The number of benzene rings is 1. The van der Waals surface area contributed by atoms with Crippen LogP contribution in [0.2, 0.25) is 0 Å². The van der Waals surface area contributed by atoms with E-state index in [-0.39, 0.29) is 56.8 Å². The van der Waals surface area contributed by atoms with Crippen LogP contribution in [0.3, 0.4) is 0 Å². The number of amides is 2. The van der Waals surface area contributed by atoms with Gasteiger partial charge >= 0.3 is 5.97 Å². The van der Waals surface area contributed by atoms with E-state index in [1.54, 1.807) is 30.3 Å². The van der Waals surface area contributed by atoms with Crippen molar-refractivity contribution in [3.63, 3.8) is 0 Å². The monoisotopic (exact) mass is 553 g/mol. The maximum absolute atomic E-state index is 13.3. The summed E-state index contributed by atoms with van der Waals surface area (Å²) < 4.78 is 5.31. The molecule has 4 rings (SSSR count). The third kappa shape index (κ3) is 3.90. The third-order valence-electron chi connectivity index (χ3n) is 6.74. The second-order valence-electron chi connectivity index (χ2n) is 9.09. The molecule has 0 unspecified atom stereocenters. The molecule has 0 spiro atoms. The molecule has 3 aliphatic rings. The molecule has 1 saturated heterocycles. The van der Waals surface area contributed by atoms with Gasteiger partial charge in [0.15, 0.2) is 12.4 Å². The summed E-state index contributed by atoms with van der Waals surface area (Å²) in [6.07, 6.45) is 1.14. The second-order valence-corrected chi connectivity index (χ2v) is 11.2. The number of carbonyl (C=O) groups excluding carboxylic acids is 4. The van der Waals surface area contributed by atoms with Crippen LogP contribution in [0.4, 0.5) is 0 Å². The van der Waals surface area contributed by atoms with E-state index in [0.717, 1.165) is 11.3 Å². The molecule has 7 atom stereocenters. The Balaban J connectivity index is 1.51. The van der Waals surface area contributed by atoms with E-state index in [9.17, 15) is 19.2 Å². The molecule has 0 aromatic heterocycles. The standard InChI is InChI=1S/C23H25Br2NO5/c1-11(2)8-15(23(30)31-10-16(27)12-6-4-3-5-7-12)26-21(28)17-13-9-14(18(17)22(26)29)20(25)19(13)24/h3-7,11,13-15,17-20H,8-10H2,1-2H3/t13-,14-,15-,17-,18-,19-,20+/m0/s1. The molecule has 31 heavy (non-hydrogen) atoms. The first-order valence-corrected chi connectivity index (χ1v) is 12.5. The average Bonchev–Trinajstić information content (AvgIpc) is 3.35. The maximum Gasteiger partial charge on any atom is 0.329 e. The van der Waals surface area contributed by atoms with Gasteiger partial charge in [0.05, 0.1) is 11.8 Å². The topological polar surface area (TPSA) is 80.8 Å². The maximum atomic E-state index is 13.3. The molecule has 6 nitrogen and oxygen atoms in total. The van der Waals surface area contributed by atoms with E-state index < -0.39 is 18.6 Å². The van der Waals surface area contributed by atoms with Gasteiger partial charge in [-0.3, -0.25) is 19.3 Å². The van der Waals surface area contributed by atoms with Crippen LogP contribution in [-0.2, 0) is 19.1 Å². The molecule has 3 fully saturated rings. The quantitative estimate of drug-likeness (QED) is 0.223. The molecule has 2 aliphatic carbocycles. The van der Waals surface area contributed by atoms with Gasteiger partial charge in [0.2, 0.25) is 11.8 Å². The van der Waals surface area contributed by atoms with Crippen molar-refractivity contribution in [1.82, 2.24) is 4.90 Å². The third-order valence-corrected chi connectivity index (χ3v) is 9.95. The van der Waals surface area contributed by atoms with Crippen molar-refractivity contribution in [1.29, 1.82) is 0 Å².